The fraction of sp³-hybridized carbons (Fsp3) is 0.235. The van der Waals surface area contributed by atoms with Gasteiger partial charge in [-0.05, 0) is 51.5 Å². The zero-order valence-corrected chi connectivity index (χ0v) is 16.6. The molecule has 0 bridgehead atoms. The molecule has 25 heavy (non-hydrogen) atoms. The highest BCUT2D eigenvalue weighted by molar-refractivity contribution is 7.93. The smallest absolute Gasteiger partial charge is 0.263 e. The second-order valence-electron chi connectivity index (χ2n) is 5.82. The summed E-state index contributed by atoms with van der Waals surface area (Å²) in [6.07, 6.45) is 0. The van der Waals surface area contributed by atoms with Gasteiger partial charge in [-0.15, -0.1) is 11.3 Å². The molecule has 0 fully saturated rings. The van der Waals surface area contributed by atoms with Crippen LogP contribution < -0.4 is 4.72 Å². The van der Waals surface area contributed by atoms with Gasteiger partial charge in [0.05, 0.1) is 16.9 Å². The maximum Gasteiger partial charge on any atom is 0.263 e. The lowest BCUT2D eigenvalue weighted by atomic mass is 10.2. The van der Waals surface area contributed by atoms with Crippen LogP contribution in [-0.4, -0.2) is 13.6 Å². The molecule has 2 aromatic heterocycles. The van der Waals surface area contributed by atoms with Crippen LogP contribution >= 0.6 is 22.9 Å². The van der Waals surface area contributed by atoms with Crippen LogP contribution in [0.15, 0.2) is 33.7 Å². The zero-order valence-electron chi connectivity index (χ0n) is 14.2. The number of hydrogen-bond acceptors (Lipinski definition) is 5. The Kier molecular flexibility index (Phi) is 4.66. The third kappa shape index (κ3) is 3.44. The van der Waals surface area contributed by atoms with Crippen LogP contribution in [-0.2, 0) is 10.0 Å². The maximum atomic E-state index is 13.1. The van der Waals surface area contributed by atoms with E-state index in [0.717, 1.165) is 10.4 Å². The second-order valence-corrected chi connectivity index (χ2v) is 9.30. The molecule has 3 rings (SSSR count). The summed E-state index contributed by atoms with van der Waals surface area (Å²) >= 11 is 7.36. The Morgan fingerprint density at radius 2 is 1.84 bits per heavy atom. The van der Waals surface area contributed by atoms with Crippen molar-refractivity contribution in [3.05, 3.63) is 50.3 Å². The van der Waals surface area contributed by atoms with Gasteiger partial charge in [0, 0.05) is 20.8 Å². The number of anilines is 1. The summed E-state index contributed by atoms with van der Waals surface area (Å²) in [7, 11) is -3.80. The maximum absolute atomic E-state index is 13.1. The van der Waals surface area contributed by atoms with E-state index in [1.165, 1.54) is 11.3 Å². The normalized spacial score (nSPS) is 11.7. The number of rotatable bonds is 4. The Hall–Kier alpha value is -1.83. The number of nitrogens with zero attached hydrogens (tertiary/aromatic N) is 1. The number of nitrogens with one attached hydrogen (secondary N) is 1. The van der Waals surface area contributed by atoms with E-state index >= 15 is 0 Å². The molecule has 0 aliphatic rings. The second kappa shape index (κ2) is 6.48. The summed E-state index contributed by atoms with van der Waals surface area (Å²) < 4.78 is 34.1. The largest absolute Gasteiger partial charge is 0.356 e. The molecule has 3 aromatic rings. The van der Waals surface area contributed by atoms with Gasteiger partial charge >= 0.3 is 0 Å². The topological polar surface area (TPSA) is 72.2 Å². The van der Waals surface area contributed by atoms with Crippen LogP contribution in [0, 0.1) is 27.7 Å². The molecule has 132 valence electrons. The van der Waals surface area contributed by atoms with Crippen LogP contribution in [0.25, 0.3) is 11.3 Å². The molecule has 5 nitrogen and oxygen atoms in total. The fourth-order valence-corrected chi connectivity index (χ4v) is 5.92. The molecule has 0 spiro atoms. The van der Waals surface area contributed by atoms with Gasteiger partial charge in [0.15, 0.2) is 5.76 Å². The number of benzene rings is 1. The number of aromatic nitrogens is 1. The Morgan fingerprint density at radius 3 is 2.44 bits per heavy atom. The molecule has 0 saturated carbocycles. The molecule has 0 aliphatic heterocycles. The predicted molar refractivity (Wildman–Crippen MR) is 101 cm³/mol. The SMILES string of the molecule is Cc1cc(-c2c(C)sc(C)c2S(=O)(=O)Nc2ccc(Cl)cc2C)on1. The minimum absolute atomic E-state index is 0.223. The van der Waals surface area contributed by atoms with Gasteiger partial charge in [-0.3, -0.25) is 4.72 Å². The minimum Gasteiger partial charge on any atom is -0.356 e. The first-order valence-corrected chi connectivity index (χ1v) is 10.2. The molecule has 0 atom stereocenters. The molecule has 0 aliphatic carbocycles. The summed E-state index contributed by atoms with van der Waals surface area (Å²) in [5.41, 5.74) is 2.50. The predicted octanol–water partition coefficient (Wildman–Crippen LogP) is 5.09. The van der Waals surface area contributed by atoms with E-state index in [-0.39, 0.29) is 4.90 Å². The lowest BCUT2D eigenvalue weighted by Gasteiger charge is -2.12. The van der Waals surface area contributed by atoms with Crippen molar-refractivity contribution < 1.29 is 12.9 Å². The van der Waals surface area contributed by atoms with Gasteiger partial charge < -0.3 is 4.52 Å². The minimum atomic E-state index is -3.80. The quantitative estimate of drug-likeness (QED) is 0.666. The van der Waals surface area contributed by atoms with E-state index < -0.39 is 10.0 Å². The van der Waals surface area contributed by atoms with E-state index in [0.29, 0.717) is 32.6 Å². The molecule has 0 saturated heterocycles. The Balaban J connectivity index is 2.12. The number of aryl methyl sites for hydroxylation is 4. The van der Waals surface area contributed by atoms with Crippen molar-refractivity contribution in [2.24, 2.45) is 0 Å². The van der Waals surface area contributed by atoms with Crippen molar-refractivity contribution in [2.45, 2.75) is 32.6 Å². The van der Waals surface area contributed by atoms with Crippen LogP contribution in [0.1, 0.15) is 21.0 Å². The standard InChI is InChI=1S/C17H17ClN2O3S2/c1-9-7-13(18)5-6-14(9)20-25(21,22)17-12(4)24-11(3)16(17)15-8-10(2)19-23-15/h5-8,20H,1-4H3. The number of halogens is 1. The molecule has 0 amide bonds. The molecule has 8 heteroatoms. The Bertz CT molecular complexity index is 1050. The van der Waals surface area contributed by atoms with Crippen molar-refractivity contribution in [2.75, 3.05) is 4.72 Å². The van der Waals surface area contributed by atoms with Crippen molar-refractivity contribution in [3.8, 4) is 11.3 Å². The summed E-state index contributed by atoms with van der Waals surface area (Å²) in [4.78, 5) is 1.78. The average molecular weight is 397 g/mol. The van der Waals surface area contributed by atoms with Gasteiger partial charge in [-0.25, -0.2) is 8.42 Å². The van der Waals surface area contributed by atoms with Crippen molar-refractivity contribution in [1.29, 1.82) is 0 Å². The number of sulfonamides is 1. The molecule has 2 heterocycles. The van der Waals surface area contributed by atoms with Gasteiger partial charge in [0.2, 0.25) is 0 Å². The first-order chi connectivity index (χ1) is 11.7. The van der Waals surface area contributed by atoms with E-state index in [1.807, 2.05) is 6.92 Å². The van der Waals surface area contributed by atoms with Gasteiger partial charge in [0.1, 0.15) is 4.90 Å². The van der Waals surface area contributed by atoms with E-state index in [9.17, 15) is 8.42 Å². The van der Waals surface area contributed by atoms with Crippen molar-refractivity contribution in [3.63, 3.8) is 0 Å². The Labute approximate surface area is 155 Å². The summed E-state index contributed by atoms with van der Waals surface area (Å²) in [6.45, 7) is 7.26. The molecule has 0 unspecified atom stereocenters. The molecular formula is C17H17ClN2O3S2. The lowest BCUT2D eigenvalue weighted by molar-refractivity contribution is 0.426. The third-order valence-corrected chi connectivity index (χ3v) is 6.70. The fourth-order valence-electron chi connectivity index (χ4n) is 2.69. The van der Waals surface area contributed by atoms with Gasteiger partial charge in [0.25, 0.3) is 10.0 Å². The van der Waals surface area contributed by atoms with Crippen molar-refractivity contribution in [1.82, 2.24) is 5.16 Å². The zero-order chi connectivity index (χ0) is 18.4. The average Bonchev–Trinajstić information content (AvgIpc) is 3.05. The number of thiophene rings is 1. The van der Waals surface area contributed by atoms with Crippen LogP contribution in [0.5, 0.6) is 0 Å². The van der Waals surface area contributed by atoms with Crippen LogP contribution in [0.3, 0.4) is 0 Å². The Morgan fingerprint density at radius 1 is 1.12 bits per heavy atom. The first-order valence-electron chi connectivity index (χ1n) is 7.51. The van der Waals surface area contributed by atoms with E-state index in [1.54, 1.807) is 45.0 Å². The van der Waals surface area contributed by atoms with Crippen molar-refractivity contribution >= 4 is 38.6 Å². The highest BCUT2D eigenvalue weighted by atomic mass is 35.5. The first kappa shape index (κ1) is 18.0. The van der Waals surface area contributed by atoms with Crippen LogP contribution in [0.4, 0.5) is 5.69 Å². The molecule has 1 N–H and O–H groups in total. The monoisotopic (exact) mass is 396 g/mol. The summed E-state index contributed by atoms with van der Waals surface area (Å²) in [6, 6.07) is 6.76. The molecular weight excluding hydrogens is 380 g/mol. The highest BCUT2D eigenvalue weighted by Crippen LogP contribution is 2.40. The van der Waals surface area contributed by atoms with Crippen LogP contribution in [0.2, 0.25) is 5.02 Å². The van der Waals surface area contributed by atoms with Gasteiger partial charge in [-0.1, -0.05) is 16.8 Å². The molecule has 1 aromatic carbocycles. The lowest BCUT2D eigenvalue weighted by Crippen LogP contribution is -2.15. The van der Waals surface area contributed by atoms with Gasteiger partial charge in [-0.2, -0.15) is 0 Å². The summed E-state index contributed by atoms with van der Waals surface area (Å²) in [5, 5.41) is 4.43. The van der Waals surface area contributed by atoms with E-state index in [2.05, 4.69) is 9.88 Å². The third-order valence-electron chi connectivity index (χ3n) is 3.78. The highest BCUT2D eigenvalue weighted by Gasteiger charge is 2.28. The van der Waals surface area contributed by atoms with E-state index in [4.69, 9.17) is 16.1 Å². The summed E-state index contributed by atoms with van der Waals surface area (Å²) in [5.74, 6) is 0.451. The molecule has 0 radical (unpaired) electrons. The number of hydrogen-bond donors (Lipinski definition) is 1.